The molecule has 1 saturated carbocycles. The quantitative estimate of drug-likeness (QED) is 0.699. The Bertz CT molecular complexity index is 434. The lowest BCUT2D eigenvalue weighted by atomic mass is 10.2. The second-order valence-electron chi connectivity index (χ2n) is 5.58. The number of carbonyl (C=O) groups excluding carboxylic acids is 2. The van der Waals surface area contributed by atoms with Crippen molar-refractivity contribution >= 4 is 11.8 Å². The molecule has 0 aromatic carbocycles. The average molecular weight is 292 g/mol. The number of allylic oxidation sites excluding steroid dienone is 2. The highest BCUT2D eigenvalue weighted by atomic mass is 16.2. The molecule has 0 atom stereocenters. The molecule has 0 unspecified atom stereocenters. The topological polar surface area (TPSA) is 49.4 Å². The third-order valence-corrected chi connectivity index (χ3v) is 3.60. The summed E-state index contributed by atoms with van der Waals surface area (Å²) in [4.78, 5) is 26.1. The van der Waals surface area contributed by atoms with E-state index in [-0.39, 0.29) is 11.8 Å². The predicted molar refractivity (Wildman–Crippen MR) is 85.8 cm³/mol. The first-order valence-corrected chi connectivity index (χ1v) is 7.93. The summed E-state index contributed by atoms with van der Waals surface area (Å²) in [7, 11) is 0. The van der Waals surface area contributed by atoms with Crippen LogP contribution in [-0.4, -0.2) is 35.8 Å². The van der Waals surface area contributed by atoms with Crippen molar-refractivity contribution in [3.8, 4) is 0 Å². The number of carbonyl (C=O) groups is 2. The van der Waals surface area contributed by atoms with Gasteiger partial charge in [0.1, 0.15) is 0 Å². The summed E-state index contributed by atoms with van der Waals surface area (Å²) in [5, 5.41) is 2.89. The fraction of sp³-hybridized carbons (Fsp3) is 0.647. The van der Waals surface area contributed by atoms with Crippen LogP contribution in [0.15, 0.2) is 23.3 Å². The van der Waals surface area contributed by atoms with Crippen LogP contribution in [0.3, 0.4) is 0 Å². The molecule has 0 saturated heterocycles. The normalized spacial score (nSPS) is 15.8. The van der Waals surface area contributed by atoms with Crippen molar-refractivity contribution in [2.24, 2.45) is 0 Å². The number of hydrogen-bond donors (Lipinski definition) is 1. The number of amides is 2. The molecule has 0 aromatic heterocycles. The van der Waals surface area contributed by atoms with Crippen molar-refractivity contribution in [1.82, 2.24) is 10.2 Å². The highest BCUT2D eigenvalue weighted by Crippen LogP contribution is 2.27. The number of rotatable bonds is 8. The molecule has 2 amide bonds. The maximum absolute atomic E-state index is 12.4. The molecule has 118 valence electrons. The van der Waals surface area contributed by atoms with E-state index < -0.39 is 0 Å². The predicted octanol–water partition coefficient (Wildman–Crippen LogP) is 2.81. The molecule has 1 aliphatic rings. The van der Waals surface area contributed by atoms with Gasteiger partial charge in [0.15, 0.2) is 0 Å². The minimum atomic E-state index is -0.0409. The second-order valence-corrected chi connectivity index (χ2v) is 5.58. The van der Waals surface area contributed by atoms with Gasteiger partial charge < -0.3 is 10.2 Å². The van der Waals surface area contributed by atoms with Crippen molar-refractivity contribution in [1.29, 1.82) is 0 Å². The second kappa shape index (κ2) is 8.65. The maximum Gasteiger partial charge on any atom is 0.249 e. The first-order chi connectivity index (χ1) is 10.0. The first-order valence-electron chi connectivity index (χ1n) is 7.93. The molecule has 4 nitrogen and oxygen atoms in total. The van der Waals surface area contributed by atoms with Crippen LogP contribution in [0, 0.1) is 0 Å². The standard InChI is InChI=1S/C17H28N2O2/c1-5-7-13(3)16(20)18-11-12-19(15-9-10-15)17(21)14(4)8-6-2/h7-8,15H,5-6,9-12H2,1-4H3,(H,18,20)/b13-7-,14-8+. The van der Waals surface area contributed by atoms with Gasteiger partial charge in [0, 0.05) is 30.3 Å². The molecule has 0 radical (unpaired) electrons. The van der Waals surface area contributed by atoms with Crippen LogP contribution in [-0.2, 0) is 9.59 Å². The lowest BCUT2D eigenvalue weighted by molar-refractivity contribution is -0.128. The van der Waals surface area contributed by atoms with Gasteiger partial charge in [0.2, 0.25) is 11.8 Å². The SMILES string of the molecule is CC/C=C(/C)C(=O)NCCN(C(=O)/C(C)=C/CC)C1CC1. The summed E-state index contributed by atoms with van der Waals surface area (Å²) >= 11 is 0. The Kier molecular flexibility index (Phi) is 7.20. The van der Waals surface area contributed by atoms with Crippen LogP contribution in [0.4, 0.5) is 0 Å². The van der Waals surface area contributed by atoms with E-state index >= 15 is 0 Å². The lowest BCUT2D eigenvalue weighted by Gasteiger charge is -2.23. The largest absolute Gasteiger partial charge is 0.351 e. The van der Waals surface area contributed by atoms with E-state index in [1.807, 2.05) is 44.7 Å². The van der Waals surface area contributed by atoms with Crippen LogP contribution in [0.2, 0.25) is 0 Å². The molecule has 1 rings (SSSR count). The van der Waals surface area contributed by atoms with Gasteiger partial charge in [-0.3, -0.25) is 9.59 Å². The van der Waals surface area contributed by atoms with Gasteiger partial charge in [-0.25, -0.2) is 0 Å². The van der Waals surface area contributed by atoms with Gasteiger partial charge in [-0.05, 0) is 39.5 Å². The third kappa shape index (κ3) is 5.74. The van der Waals surface area contributed by atoms with E-state index in [0.717, 1.165) is 36.8 Å². The first kappa shape index (κ1) is 17.5. The monoisotopic (exact) mass is 292 g/mol. The van der Waals surface area contributed by atoms with Gasteiger partial charge in [0.05, 0.1) is 0 Å². The summed E-state index contributed by atoms with van der Waals surface area (Å²) in [6, 6.07) is 0.363. The van der Waals surface area contributed by atoms with Gasteiger partial charge in [-0.2, -0.15) is 0 Å². The lowest BCUT2D eigenvalue weighted by Crippen LogP contribution is -2.40. The Labute approximate surface area is 128 Å². The van der Waals surface area contributed by atoms with Gasteiger partial charge in [-0.15, -0.1) is 0 Å². The molecule has 0 aromatic rings. The van der Waals surface area contributed by atoms with Gasteiger partial charge in [-0.1, -0.05) is 26.0 Å². The summed E-state index contributed by atoms with van der Waals surface area (Å²) in [5.41, 5.74) is 1.54. The van der Waals surface area contributed by atoms with Crippen molar-refractivity contribution < 1.29 is 9.59 Å². The highest BCUT2D eigenvalue weighted by molar-refractivity contribution is 5.94. The molecule has 1 N–H and O–H groups in total. The zero-order valence-electron chi connectivity index (χ0n) is 13.7. The molecule has 0 spiro atoms. The molecule has 21 heavy (non-hydrogen) atoms. The van der Waals surface area contributed by atoms with E-state index in [1.165, 1.54) is 0 Å². The summed E-state index contributed by atoms with van der Waals surface area (Å²) in [5.74, 6) is 0.0651. The minimum absolute atomic E-state index is 0.0409. The Balaban J connectivity index is 2.50. The highest BCUT2D eigenvalue weighted by Gasteiger charge is 2.32. The Morgan fingerprint density at radius 1 is 1.10 bits per heavy atom. The number of nitrogens with zero attached hydrogens (tertiary/aromatic N) is 1. The zero-order valence-corrected chi connectivity index (χ0v) is 13.7. The molecule has 1 aliphatic carbocycles. The summed E-state index contributed by atoms with van der Waals surface area (Å²) < 4.78 is 0. The molecular weight excluding hydrogens is 264 g/mol. The molecule has 0 heterocycles. The fourth-order valence-electron chi connectivity index (χ4n) is 2.28. The van der Waals surface area contributed by atoms with Crippen molar-refractivity contribution in [3.05, 3.63) is 23.3 Å². The Morgan fingerprint density at radius 2 is 1.67 bits per heavy atom. The van der Waals surface area contributed by atoms with Crippen LogP contribution < -0.4 is 5.32 Å². The molecule has 4 heteroatoms. The van der Waals surface area contributed by atoms with Crippen LogP contribution >= 0.6 is 0 Å². The Morgan fingerprint density at radius 3 is 2.19 bits per heavy atom. The van der Waals surface area contributed by atoms with Gasteiger partial charge in [0.25, 0.3) is 0 Å². The van der Waals surface area contributed by atoms with E-state index in [0.29, 0.717) is 19.1 Å². The average Bonchev–Trinajstić information content (AvgIpc) is 3.27. The van der Waals surface area contributed by atoms with Gasteiger partial charge >= 0.3 is 0 Å². The minimum Gasteiger partial charge on any atom is -0.351 e. The number of nitrogens with one attached hydrogen (secondary N) is 1. The van der Waals surface area contributed by atoms with Crippen molar-refractivity contribution in [2.45, 2.75) is 59.4 Å². The molecule has 0 aliphatic heterocycles. The van der Waals surface area contributed by atoms with Crippen LogP contribution in [0.5, 0.6) is 0 Å². The Hall–Kier alpha value is -1.58. The summed E-state index contributed by atoms with van der Waals surface area (Å²) in [6.07, 6.45) is 7.75. The summed E-state index contributed by atoms with van der Waals surface area (Å²) in [6.45, 7) is 8.82. The molecule has 1 fully saturated rings. The molecular formula is C17H28N2O2. The van der Waals surface area contributed by atoms with Crippen molar-refractivity contribution in [2.75, 3.05) is 13.1 Å². The van der Waals surface area contributed by atoms with Crippen LogP contribution in [0.25, 0.3) is 0 Å². The molecule has 0 bridgehead atoms. The van der Waals surface area contributed by atoms with E-state index in [1.54, 1.807) is 0 Å². The fourth-order valence-corrected chi connectivity index (χ4v) is 2.28. The van der Waals surface area contributed by atoms with E-state index in [9.17, 15) is 9.59 Å². The van der Waals surface area contributed by atoms with E-state index in [4.69, 9.17) is 0 Å². The zero-order chi connectivity index (χ0) is 15.8. The van der Waals surface area contributed by atoms with Crippen LogP contribution in [0.1, 0.15) is 53.4 Å². The third-order valence-electron chi connectivity index (χ3n) is 3.60. The number of hydrogen-bond acceptors (Lipinski definition) is 2. The maximum atomic E-state index is 12.4. The van der Waals surface area contributed by atoms with Crippen molar-refractivity contribution in [3.63, 3.8) is 0 Å². The van der Waals surface area contributed by atoms with E-state index in [2.05, 4.69) is 5.32 Å². The smallest absolute Gasteiger partial charge is 0.249 e.